The van der Waals surface area contributed by atoms with Crippen molar-refractivity contribution in [1.29, 1.82) is 0 Å². The fourth-order valence-corrected chi connectivity index (χ4v) is 3.30. The topological polar surface area (TPSA) is 84.1 Å². The summed E-state index contributed by atoms with van der Waals surface area (Å²) in [7, 11) is 0. The van der Waals surface area contributed by atoms with E-state index in [0.29, 0.717) is 16.9 Å². The van der Waals surface area contributed by atoms with E-state index in [9.17, 15) is 10.2 Å². The molecule has 0 radical (unpaired) electrons. The first-order valence-electron chi connectivity index (χ1n) is 4.99. The lowest BCUT2D eigenvalue weighted by molar-refractivity contribution is 0.0313. The van der Waals surface area contributed by atoms with Crippen molar-refractivity contribution in [3.8, 4) is 0 Å². The molecular weight excluding hydrogens is 264 g/mol. The van der Waals surface area contributed by atoms with E-state index in [4.69, 9.17) is 11.6 Å². The first-order valence-corrected chi connectivity index (χ1v) is 6.42. The molecule has 2 N–H and O–H groups in total. The molecule has 3 atom stereocenters. The summed E-state index contributed by atoms with van der Waals surface area (Å²) in [5.74, 6) is 0.490. The number of rotatable bonds is 1. The second kappa shape index (κ2) is 4.09. The summed E-state index contributed by atoms with van der Waals surface area (Å²) in [4.78, 5) is 12.1. The van der Waals surface area contributed by atoms with Gasteiger partial charge < -0.3 is 10.2 Å². The van der Waals surface area contributed by atoms with Crippen molar-refractivity contribution in [3.63, 3.8) is 0 Å². The molecule has 0 unspecified atom stereocenters. The van der Waals surface area contributed by atoms with E-state index < -0.39 is 12.2 Å². The molecule has 0 saturated carbocycles. The highest BCUT2D eigenvalue weighted by Crippen LogP contribution is 2.38. The van der Waals surface area contributed by atoms with Gasteiger partial charge in [-0.15, -0.1) is 11.8 Å². The molecule has 0 aliphatic carbocycles. The molecule has 2 aromatic heterocycles. The van der Waals surface area contributed by atoms with E-state index in [1.54, 1.807) is 10.9 Å². The Hall–Kier alpha value is -0.890. The Morgan fingerprint density at radius 1 is 1.35 bits per heavy atom. The first-order chi connectivity index (χ1) is 8.18. The summed E-state index contributed by atoms with van der Waals surface area (Å²) >= 11 is 7.35. The number of hydrogen-bond donors (Lipinski definition) is 2. The van der Waals surface area contributed by atoms with Crippen molar-refractivity contribution in [1.82, 2.24) is 19.5 Å². The first kappa shape index (κ1) is 11.2. The van der Waals surface area contributed by atoms with Crippen LogP contribution in [0, 0.1) is 0 Å². The molecule has 90 valence electrons. The third-order valence-electron chi connectivity index (χ3n) is 2.71. The van der Waals surface area contributed by atoms with Gasteiger partial charge in [0, 0.05) is 5.75 Å². The molecule has 17 heavy (non-hydrogen) atoms. The van der Waals surface area contributed by atoms with Gasteiger partial charge in [0.2, 0.25) is 0 Å². The second-order valence-electron chi connectivity index (χ2n) is 3.77. The van der Waals surface area contributed by atoms with Gasteiger partial charge in [-0.05, 0) is 0 Å². The second-order valence-corrected chi connectivity index (χ2v) is 5.28. The highest BCUT2D eigenvalue weighted by Gasteiger charge is 2.36. The van der Waals surface area contributed by atoms with Crippen LogP contribution in [-0.2, 0) is 0 Å². The number of halogens is 1. The normalized spacial score (nSPS) is 29.0. The Bertz CT molecular complexity index is 563. The number of hydrogen-bond acceptors (Lipinski definition) is 6. The van der Waals surface area contributed by atoms with Crippen LogP contribution in [0.5, 0.6) is 0 Å². The lowest BCUT2D eigenvalue weighted by Gasteiger charge is -2.16. The number of aliphatic hydroxyl groups excluding tert-OH is 2. The lowest BCUT2D eigenvalue weighted by Crippen LogP contribution is -2.27. The molecule has 0 bridgehead atoms. The van der Waals surface area contributed by atoms with Crippen LogP contribution in [0.4, 0.5) is 0 Å². The summed E-state index contributed by atoms with van der Waals surface area (Å²) in [6.07, 6.45) is 1.36. The zero-order valence-corrected chi connectivity index (χ0v) is 10.1. The molecule has 2 aromatic rings. The number of thioether (sulfide) groups is 1. The minimum atomic E-state index is -0.828. The third-order valence-corrected chi connectivity index (χ3v) is 4.37. The monoisotopic (exact) mass is 272 g/mol. The Kier molecular flexibility index (Phi) is 2.70. The number of imidazole rings is 1. The maximum Gasteiger partial charge on any atom is 0.165 e. The standard InChI is InChI=1S/C9H9ClN4O2S/c10-7-5-8(12-2-11-7)14(3-13-5)9-6(16)4(15)1-17-9/h2-4,6,9,15-16H,1H2/t4-,6-,9-/m1/s1. The Morgan fingerprint density at radius 2 is 2.18 bits per heavy atom. The van der Waals surface area contributed by atoms with Gasteiger partial charge in [0.1, 0.15) is 23.3 Å². The van der Waals surface area contributed by atoms with E-state index in [1.165, 1.54) is 18.1 Å². The summed E-state index contributed by atoms with van der Waals surface area (Å²) in [5.41, 5.74) is 1.07. The van der Waals surface area contributed by atoms with Gasteiger partial charge in [-0.3, -0.25) is 4.57 Å². The number of nitrogens with zero attached hydrogens (tertiary/aromatic N) is 4. The Balaban J connectivity index is 2.10. The van der Waals surface area contributed by atoms with Gasteiger partial charge in [0.25, 0.3) is 0 Å². The molecule has 1 fully saturated rings. The van der Waals surface area contributed by atoms with E-state index in [-0.39, 0.29) is 10.5 Å². The number of aliphatic hydroxyl groups is 2. The van der Waals surface area contributed by atoms with Crippen molar-refractivity contribution in [2.24, 2.45) is 0 Å². The van der Waals surface area contributed by atoms with Crippen LogP contribution in [-0.4, -0.2) is 47.7 Å². The van der Waals surface area contributed by atoms with E-state index in [0.717, 1.165) is 0 Å². The van der Waals surface area contributed by atoms with Crippen molar-refractivity contribution in [2.45, 2.75) is 17.6 Å². The third kappa shape index (κ3) is 1.70. The fourth-order valence-electron chi connectivity index (χ4n) is 1.84. The molecule has 6 nitrogen and oxygen atoms in total. The predicted molar refractivity (Wildman–Crippen MR) is 63.8 cm³/mol. The Labute approximate surface area is 106 Å². The van der Waals surface area contributed by atoms with Crippen molar-refractivity contribution in [3.05, 3.63) is 17.8 Å². The summed E-state index contributed by atoms with van der Waals surface area (Å²) in [6.45, 7) is 0. The fraction of sp³-hybridized carbons (Fsp3) is 0.444. The summed E-state index contributed by atoms with van der Waals surface area (Å²) < 4.78 is 1.72. The number of fused-ring (bicyclic) bond motifs is 1. The Morgan fingerprint density at radius 3 is 2.88 bits per heavy atom. The van der Waals surface area contributed by atoms with Crippen LogP contribution in [0.25, 0.3) is 11.2 Å². The maximum atomic E-state index is 9.86. The van der Waals surface area contributed by atoms with Crippen molar-refractivity contribution in [2.75, 3.05) is 5.75 Å². The molecule has 1 aliphatic heterocycles. The lowest BCUT2D eigenvalue weighted by atomic mass is 10.2. The maximum absolute atomic E-state index is 9.86. The van der Waals surface area contributed by atoms with Crippen molar-refractivity contribution >= 4 is 34.5 Å². The zero-order chi connectivity index (χ0) is 12.0. The molecular formula is C9H9ClN4O2S. The van der Waals surface area contributed by atoms with Crippen LogP contribution >= 0.6 is 23.4 Å². The molecule has 3 rings (SSSR count). The largest absolute Gasteiger partial charge is 0.389 e. The van der Waals surface area contributed by atoms with Crippen LogP contribution in [0.3, 0.4) is 0 Å². The zero-order valence-electron chi connectivity index (χ0n) is 8.56. The molecule has 8 heteroatoms. The molecule has 1 saturated heterocycles. The molecule has 0 aromatic carbocycles. The average molecular weight is 273 g/mol. The van der Waals surface area contributed by atoms with Crippen LogP contribution in [0.2, 0.25) is 5.15 Å². The van der Waals surface area contributed by atoms with Gasteiger partial charge >= 0.3 is 0 Å². The van der Waals surface area contributed by atoms with E-state index in [1.807, 2.05) is 0 Å². The van der Waals surface area contributed by atoms with E-state index >= 15 is 0 Å². The van der Waals surface area contributed by atoms with Crippen LogP contribution < -0.4 is 0 Å². The molecule has 0 amide bonds. The SMILES string of the molecule is O[C@@H]1[C@H](O)CS[C@H]1n1cnc2c(Cl)ncnc21. The highest BCUT2D eigenvalue weighted by molar-refractivity contribution is 7.99. The number of aromatic nitrogens is 4. The molecule has 0 spiro atoms. The van der Waals surface area contributed by atoms with Gasteiger partial charge in [-0.1, -0.05) is 11.6 Å². The van der Waals surface area contributed by atoms with Gasteiger partial charge in [0.05, 0.1) is 12.4 Å². The average Bonchev–Trinajstić information content (AvgIpc) is 2.86. The smallest absolute Gasteiger partial charge is 0.165 e. The van der Waals surface area contributed by atoms with Gasteiger partial charge in [0.15, 0.2) is 10.8 Å². The minimum Gasteiger partial charge on any atom is -0.389 e. The predicted octanol–water partition coefficient (Wildman–Crippen LogP) is 0.447. The minimum absolute atomic E-state index is 0.284. The van der Waals surface area contributed by atoms with Crippen LogP contribution in [0.1, 0.15) is 5.37 Å². The van der Waals surface area contributed by atoms with Gasteiger partial charge in [-0.25, -0.2) is 15.0 Å². The van der Waals surface area contributed by atoms with Crippen molar-refractivity contribution < 1.29 is 10.2 Å². The quantitative estimate of drug-likeness (QED) is 0.733. The summed E-state index contributed by atoms with van der Waals surface area (Å²) in [5, 5.41) is 19.4. The molecule has 3 heterocycles. The van der Waals surface area contributed by atoms with E-state index in [2.05, 4.69) is 15.0 Å². The molecule has 1 aliphatic rings. The van der Waals surface area contributed by atoms with Gasteiger partial charge in [-0.2, -0.15) is 0 Å². The van der Waals surface area contributed by atoms with Crippen LogP contribution in [0.15, 0.2) is 12.7 Å². The highest BCUT2D eigenvalue weighted by atomic mass is 35.5. The summed E-state index contributed by atoms with van der Waals surface area (Å²) in [6, 6.07) is 0.